The number of nitrogens with one attached hydrogen (secondary N) is 1. The van der Waals surface area contributed by atoms with Gasteiger partial charge in [0.15, 0.2) is 0 Å². The SMILES string of the molecule is CCCCNC1CC(=O)N(c2ccc(N3[C@@H]4CC[C@H]3CC(=Cc3ccc(C#N)c5ccccc35)C4)cc2)C1=O. The molecule has 2 bridgehead atoms. The smallest absolute Gasteiger partial charge is 0.251 e. The van der Waals surface area contributed by atoms with Gasteiger partial charge >= 0.3 is 0 Å². The first-order valence-electron chi connectivity index (χ1n) is 14.2. The second kappa shape index (κ2) is 10.7. The summed E-state index contributed by atoms with van der Waals surface area (Å²) in [6.07, 6.45) is 8.95. The third-order valence-electron chi connectivity index (χ3n) is 8.53. The summed E-state index contributed by atoms with van der Waals surface area (Å²) in [5.41, 5.74) is 5.17. The monoisotopic (exact) mass is 518 g/mol. The third-order valence-corrected chi connectivity index (χ3v) is 8.53. The fourth-order valence-electron chi connectivity index (χ4n) is 6.65. The maximum atomic E-state index is 12.9. The molecule has 1 unspecified atom stereocenters. The van der Waals surface area contributed by atoms with E-state index in [4.69, 9.17) is 0 Å². The van der Waals surface area contributed by atoms with Gasteiger partial charge in [-0.1, -0.05) is 55.3 Å². The predicted molar refractivity (Wildman–Crippen MR) is 155 cm³/mol. The minimum absolute atomic E-state index is 0.134. The molecule has 0 radical (unpaired) electrons. The van der Waals surface area contributed by atoms with Gasteiger partial charge in [0.05, 0.1) is 29.8 Å². The van der Waals surface area contributed by atoms with Crippen LogP contribution < -0.4 is 15.1 Å². The summed E-state index contributed by atoms with van der Waals surface area (Å²) < 4.78 is 0. The average Bonchev–Trinajstić information content (AvgIpc) is 3.39. The van der Waals surface area contributed by atoms with E-state index in [0.717, 1.165) is 61.5 Å². The van der Waals surface area contributed by atoms with Crippen molar-refractivity contribution in [2.24, 2.45) is 0 Å². The number of amides is 2. The number of carbonyl (C=O) groups is 2. The van der Waals surface area contributed by atoms with Crippen molar-refractivity contribution in [1.82, 2.24) is 5.32 Å². The van der Waals surface area contributed by atoms with E-state index in [-0.39, 0.29) is 18.2 Å². The van der Waals surface area contributed by atoms with Crippen molar-refractivity contribution in [3.05, 3.63) is 77.4 Å². The van der Waals surface area contributed by atoms with E-state index >= 15 is 0 Å². The Morgan fingerprint density at radius 2 is 1.62 bits per heavy atom. The maximum Gasteiger partial charge on any atom is 0.251 e. The number of hydrogen-bond donors (Lipinski definition) is 1. The molecule has 3 heterocycles. The van der Waals surface area contributed by atoms with Crippen LogP contribution in [-0.2, 0) is 9.59 Å². The second-order valence-electron chi connectivity index (χ2n) is 11.0. The summed E-state index contributed by atoms with van der Waals surface area (Å²) in [4.78, 5) is 29.5. The van der Waals surface area contributed by atoms with E-state index in [1.54, 1.807) is 0 Å². The van der Waals surface area contributed by atoms with Gasteiger partial charge in [0, 0.05) is 23.2 Å². The highest BCUT2D eigenvalue weighted by Gasteiger charge is 2.40. The predicted octanol–water partition coefficient (Wildman–Crippen LogP) is 5.95. The Morgan fingerprint density at radius 1 is 0.923 bits per heavy atom. The van der Waals surface area contributed by atoms with Gasteiger partial charge in [-0.2, -0.15) is 5.26 Å². The van der Waals surface area contributed by atoms with Gasteiger partial charge in [-0.15, -0.1) is 0 Å². The molecule has 3 atom stereocenters. The first-order valence-corrected chi connectivity index (χ1v) is 14.2. The lowest BCUT2D eigenvalue weighted by Gasteiger charge is -2.38. The number of imide groups is 1. The van der Waals surface area contributed by atoms with Crippen molar-refractivity contribution >= 4 is 40.0 Å². The molecule has 3 fully saturated rings. The van der Waals surface area contributed by atoms with Crippen LogP contribution in [0.5, 0.6) is 0 Å². The summed E-state index contributed by atoms with van der Waals surface area (Å²) in [5.74, 6) is -0.281. The summed E-state index contributed by atoms with van der Waals surface area (Å²) >= 11 is 0. The topological polar surface area (TPSA) is 76.4 Å². The quantitative estimate of drug-likeness (QED) is 0.309. The Bertz CT molecular complexity index is 1470. The average molecular weight is 519 g/mol. The molecule has 3 aliphatic heterocycles. The van der Waals surface area contributed by atoms with Crippen LogP contribution in [0, 0.1) is 11.3 Å². The van der Waals surface area contributed by atoms with Gasteiger partial charge < -0.3 is 10.2 Å². The van der Waals surface area contributed by atoms with E-state index in [1.165, 1.54) is 16.0 Å². The van der Waals surface area contributed by atoms with Crippen LogP contribution >= 0.6 is 0 Å². The number of anilines is 2. The van der Waals surface area contributed by atoms with Gasteiger partial charge in [-0.05, 0) is 79.9 Å². The van der Waals surface area contributed by atoms with Crippen LogP contribution in [0.3, 0.4) is 0 Å². The number of benzene rings is 3. The number of nitriles is 1. The molecule has 0 spiro atoms. The number of hydrogen-bond acceptors (Lipinski definition) is 5. The highest BCUT2D eigenvalue weighted by molar-refractivity contribution is 6.22. The van der Waals surface area contributed by atoms with E-state index < -0.39 is 6.04 Å². The zero-order chi connectivity index (χ0) is 26.9. The Morgan fingerprint density at radius 3 is 2.31 bits per heavy atom. The molecule has 1 N–H and O–H groups in total. The van der Waals surface area contributed by atoms with Crippen LogP contribution in [0.25, 0.3) is 16.8 Å². The molecule has 198 valence electrons. The van der Waals surface area contributed by atoms with Crippen molar-refractivity contribution in [2.45, 2.75) is 70.0 Å². The van der Waals surface area contributed by atoms with Crippen molar-refractivity contribution in [2.75, 3.05) is 16.3 Å². The molecular weight excluding hydrogens is 484 g/mol. The highest BCUT2D eigenvalue weighted by atomic mass is 16.2. The van der Waals surface area contributed by atoms with Crippen LogP contribution in [0.2, 0.25) is 0 Å². The Kier molecular flexibility index (Phi) is 6.93. The first-order chi connectivity index (χ1) is 19.1. The van der Waals surface area contributed by atoms with E-state index in [2.05, 4.69) is 53.6 Å². The molecule has 3 aliphatic rings. The summed E-state index contributed by atoms with van der Waals surface area (Å²) in [5, 5.41) is 14.9. The van der Waals surface area contributed by atoms with Crippen LogP contribution in [0.1, 0.15) is 63.0 Å². The molecule has 0 aliphatic carbocycles. The molecule has 0 saturated carbocycles. The molecule has 0 aromatic heterocycles. The molecule has 6 nitrogen and oxygen atoms in total. The van der Waals surface area contributed by atoms with Crippen molar-refractivity contribution in [3.63, 3.8) is 0 Å². The van der Waals surface area contributed by atoms with Gasteiger partial charge in [-0.25, -0.2) is 4.90 Å². The van der Waals surface area contributed by atoms with Crippen molar-refractivity contribution in [3.8, 4) is 6.07 Å². The molecule has 39 heavy (non-hydrogen) atoms. The molecular formula is C33H34N4O2. The van der Waals surface area contributed by atoms with Gasteiger partial charge in [-0.3, -0.25) is 9.59 Å². The second-order valence-corrected chi connectivity index (χ2v) is 11.0. The molecule has 6 rings (SSSR count). The Hall–Kier alpha value is -3.95. The lowest BCUT2D eigenvalue weighted by molar-refractivity contribution is -0.121. The van der Waals surface area contributed by atoms with Gasteiger partial charge in [0.1, 0.15) is 0 Å². The maximum absolute atomic E-state index is 12.9. The third kappa shape index (κ3) is 4.72. The van der Waals surface area contributed by atoms with Crippen molar-refractivity contribution in [1.29, 1.82) is 5.26 Å². The molecule has 6 heteroatoms. The van der Waals surface area contributed by atoms with Crippen molar-refractivity contribution < 1.29 is 9.59 Å². The lowest BCUT2D eigenvalue weighted by atomic mass is 9.92. The number of piperidine rings is 1. The Labute approximate surface area is 229 Å². The molecule has 2 amide bonds. The van der Waals surface area contributed by atoms with Crippen LogP contribution in [-0.4, -0.2) is 36.5 Å². The molecule has 3 aromatic rings. The van der Waals surface area contributed by atoms with Gasteiger partial charge in [0.25, 0.3) is 5.91 Å². The summed E-state index contributed by atoms with van der Waals surface area (Å²) in [7, 11) is 0. The number of nitrogens with zero attached hydrogens (tertiary/aromatic N) is 3. The zero-order valence-electron chi connectivity index (χ0n) is 22.4. The number of carbonyl (C=O) groups excluding carboxylic acids is 2. The number of unbranched alkanes of at least 4 members (excludes halogenated alkanes) is 1. The van der Waals surface area contributed by atoms with Gasteiger partial charge in [0.2, 0.25) is 5.91 Å². The van der Waals surface area contributed by atoms with Crippen LogP contribution in [0.15, 0.2) is 66.2 Å². The minimum atomic E-state index is -0.417. The normalized spacial score (nSPS) is 23.7. The fraction of sp³-hybridized carbons (Fsp3) is 0.364. The number of fused-ring (bicyclic) bond motifs is 3. The lowest BCUT2D eigenvalue weighted by Crippen LogP contribution is -2.40. The standard InChI is InChI=1S/C33H34N4O2/c1-2-3-16-35-31-20-32(38)37(33(31)39)26-12-10-25(11-13-26)36-27-14-15-28(36)19-22(18-27)17-23-8-9-24(21-34)30-7-5-4-6-29(23)30/h4-13,17,27-28,31,35H,2-3,14-16,18-20H2,1H3/t27-,28+,31?. The largest absolute Gasteiger partial charge is 0.365 e. The highest BCUT2D eigenvalue weighted by Crippen LogP contribution is 2.43. The molecule has 3 saturated heterocycles. The van der Waals surface area contributed by atoms with E-state index in [1.807, 2.05) is 36.4 Å². The van der Waals surface area contributed by atoms with E-state index in [0.29, 0.717) is 23.3 Å². The summed E-state index contributed by atoms with van der Waals surface area (Å²) in [6, 6.07) is 22.9. The summed E-state index contributed by atoms with van der Waals surface area (Å²) in [6.45, 7) is 2.86. The number of rotatable bonds is 7. The minimum Gasteiger partial charge on any atom is -0.365 e. The first kappa shape index (κ1) is 25.3. The van der Waals surface area contributed by atoms with Crippen LogP contribution in [0.4, 0.5) is 11.4 Å². The zero-order valence-corrected chi connectivity index (χ0v) is 22.4. The van der Waals surface area contributed by atoms with E-state index in [9.17, 15) is 14.9 Å². The molecule has 3 aromatic carbocycles. The Balaban J connectivity index is 1.18. The fourth-order valence-corrected chi connectivity index (χ4v) is 6.65.